The van der Waals surface area contributed by atoms with E-state index in [9.17, 15) is 4.79 Å². The van der Waals surface area contributed by atoms with Gasteiger partial charge in [-0.1, -0.05) is 30.1 Å². The Balaban J connectivity index is 2.03. The fourth-order valence-corrected chi connectivity index (χ4v) is 2.80. The summed E-state index contributed by atoms with van der Waals surface area (Å²) in [4.78, 5) is 18.2. The average molecular weight is 315 g/mol. The molecule has 0 atom stereocenters. The Kier molecular flexibility index (Phi) is 4.80. The van der Waals surface area contributed by atoms with Gasteiger partial charge >= 0.3 is 0 Å². The van der Waals surface area contributed by atoms with Crippen molar-refractivity contribution in [1.82, 2.24) is 10.3 Å². The first kappa shape index (κ1) is 14.3. The monoisotopic (exact) mass is 314 g/mol. The molecule has 0 aliphatic carbocycles. The first-order valence-electron chi connectivity index (χ1n) is 5.77. The third kappa shape index (κ3) is 3.69. The second-order valence-corrected chi connectivity index (χ2v) is 5.94. The van der Waals surface area contributed by atoms with Crippen molar-refractivity contribution in [2.45, 2.75) is 19.9 Å². The summed E-state index contributed by atoms with van der Waals surface area (Å²) in [7, 11) is 0. The molecule has 0 fully saturated rings. The maximum absolute atomic E-state index is 12.0. The van der Waals surface area contributed by atoms with E-state index < -0.39 is 0 Å². The van der Waals surface area contributed by atoms with Crippen molar-refractivity contribution in [1.29, 1.82) is 0 Å². The van der Waals surface area contributed by atoms with Crippen LogP contribution >= 0.6 is 34.5 Å². The van der Waals surface area contributed by atoms with Crippen molar-refractivity contribution >= 4 is 40.4 Å². The average Bonchev–Trinajstić information content (AvgIpc) is 2.87. The van der Waals surface area contributed by atoms with Gasteiger partial charge < -0.3 is 5.32 Å². The predicted molar refractivity (Wildman–Crippen MR) is 79.1 cm³/mol. The largest absolute Gasteiger partial charge is 0.347 e. The number of nitrogens with one attached hydrogen (secondary N) is 1. The summed E-state index contributed by atoms with van der Waals surface area (Å²) in [6.45, 7) is 2.59. The van der Waals surface area contributed by atoms with Crippen LogP contribution in [0.2, 0.25) is 10.2 Å². The van der Waals surface area contributed by atoms with Gasteiger partial charge in [-0.3, -0.25) is 4.79 Å². The lowest BCUT2D eigenvalue weighted by molar-refractivity contribution is 0.0951. The summed E-state index contributed by atoms with van der Waals surface area (Å²) < 4.78 is 0. The smallest absolute Gasteiger partial charge is 0.253 e. The summed E-state index contributed by atoms with van der Waals surface area (Å²) >= 11 is 13.4. The number of carbonyl (C=O) groups excluding carboxylic acids is 1. The molecule has 0 aliphatic rings. The molecule has 0 radical (unpaired) electrons. The molecule has 0 spiro atoms. The third-order valence-corrected chi connectivity index (χ3v) is 4.29. The van der Waals surface area contributed by atoms with E-state index in [1.54, 1.807) is 11.3 Å². The number of amides is 1. The molecule has 2 rings (SSSR count). The molecular formula is C13H12Cl2N2OS. The van der Waals surface area contributed by atoms with Gasteiger partial charge in [-0.2, -0.15) is 0 Å². The number of aromatic nitrogens is 1. The van der Waals surface area contributed by atoms with Gasteiger partial charge in [0.25, 0.3) is 5.91 Å². The van der Waals surface area contributed by atoms with Crippen LogP contribution in [0.15, 0.2) is 24.4 Å². The Morgan fingerprint density at radius 2 is 2.11 bits per heavy atom. The van der Waals surface area contributed by atoms with Crippen molar-refractivity contribution in [2.75, 3.05) is 0 Å². The van der Waals surface area contributed by atoms with Crippen LogP contribution in [0.4, 0.5) is 0 Å². The zero-order valence-electron chi connectivity index (χ0n) is 10.2. The molecule has 19 heavy (non-hydrogen) atoms. The lowest BCUT2D eigenvalue weighted by atomic mass is 10.2. The molecule has 2 aromatic rings. The zero-order valence-corrected chi connectivity index (χ0v) is 12.6. The number of halogens is 2. The summed E-state index contributed by atoms with van der Waals surface area (Å²) in [6.07, 6.45) is 2.38. The van der Waals surface area contributed by atoms with E-state index in [1.165, 1.54) is 17.1 Å². The Labute approximate surface area is 125 Å². The van der Waals surface area contributed by atoms with Crippen LogP contribution in [0.1, 0.15) is 27.0 Å². The van der Waals surface area contributed by atoms with Gasteiger partial charge in [0, 0.05) is 16.0 Å². The maximum Gasteiger partial charge on any atom is 0.253 e. The molecule has 0 bridgehead atoms. The van der Waals surface area contributed by atoms with Gasteiger partial charge in [0.15, 0.2) is 0 Å². The fraction of sp³-hybridized carbons (Fsp3) is 0.231. The van der Waals surface area contributed by atoms with Gasteiger partial charge in [0.05, 0.1) is 17.1 Å². The number of aryl methyl sites for hydroxylation is 1. The third-order valence-electron chi connectivity index (χ3n) is 2.56. The van der Waals surface area contributed by atoms with Gasteiger partial charge in [-0.25, -0.2) is 4.98 Å². The second-order valence-electron chi connectivity index (χ2n) is 3.89. The molecule has 2 aromatic heterocycles. The molecule has 1 amide bonds. The van der Waals surface area contributed by atoms with E-state index in [0.717, 1.165) is 11.3 Å². The Morgan fingerprint density at radius 3 is 2.79 bits per heavy atom. The lowest BCUT2D eigenvalue weighted by Gasteiger charge is -2.05. The van der Waals surface area contributed by atoms with Crippen LogP contribution in [-0.4, -0.2) is 10.9 Å². The highest BCUT2D eigenvalue weighted by atomic mass is 35.5. The van der Waals surface area contributed by atoms with Crippen molar-refractivity contribution in [2.24, 2.45) is 0 Å². The van der Waals surface area contributed by atoms with Gasteiger partial charge in [-0.05, 0) is 24.6 Å². The standard InChI is InChI=1S/C13H12Cl2N2OS/c1-2-8-3-4-9(19-8)6-17-13(18)10-5-12(15)16-7-11(10)14/h3-5,7H,2,6H2,1H3,(H,17,18). The molecule has 3 nitrogen and oxygen atoms in total. The first-order valence-corrected chi connectivity index (χ1v) is 7.34. The number of rotatable bonds is 4. The van der Waals surface area contributed by atoms with E-state index in [-0.39, 0.29) is 11.1 Å². The highest BCUT2D eigenvalue weighted by Gasteiger charge is 2.11. The quantitative estimate of drug-likeness (QED) is 0.868. The highest BCUT2D eigenvalue weighted by Crippen LogP contribution is 2.19. The summed E-state index contributed by atoms with van der Waals surface area (Å²) in [5.41, 5.74) is 0.342. The lowest BCUT2D eigenvalue weighted by Crippen LogP contribution is -2.22. The van der Waals surface area contributed by atoms with Crippen LogP contribution in [-0.2, 0) is 13.0 Å². The van der Waals surface area contributed by atoms with Crippen molar-refractivity contribution < 1.29 is 4.79 Å². The van der Waals surface area contributed by atoms with Crippen LogP contribution in [0.5, 0.6) is 0 Å². The Hall–Kier alpha value is -1.10. The molecule has 0 aromatic carbocycles. The number of thiophene rings is 1. The van der Waals surface area contributed by atoms with Crippen LogP contribution in [0.25, 0.3) is 0 Å². The van der Waals surface area contributed by atoms with Gasteiger partial charge in [0.1, 0.15) is 5.15 Å². The Bertz CT molecular complexity index is 598. The van der Waals surface area contributed by atoms with E-state index in [0.29, 0.717) is 17.1 Å². The maximum atomic E-state index is 12.0. The summed E-state index contributed by atoms with van der Waals surface area (Å²) in [6, 6.07) is 5.55. The Morgan fingerprint density at radius 1 is 1.37 bits per heavy atom. The number of nitrogens with zero attached hydrogens (tertiary/aromatic N) is 1. The van der Waals surface area contributed by atoms with Crippen LogP contribution < -0.4 is 5.32 Å². The number of pyridine rings is 1. The molecule has 6 heteroatoms. The highest BCUT2D eigenvalue weighted by molar-refractivity contribution is 7.11. The summed E-state index contributed by atoms with van der Waals surface area (Å²) in [5.74, 6) is -0.249. The minimum absolute atomic E-state index is 0.249. The predicted octanol–water partition coefficient (Wildman–Crippen LogP) is 3.94. The SMILES string of the molecule is CCc1ccc(CNC(=O)c2cc(Cl)ncc2Cl)s1. The van der Waals surface area contributed by atoms with Crippen LogP contribution in [0, 0.1) is 0 Å². The van der Waals surface area contributed by atoms with Crippen LogP contribution in [0.3, 0.4) is 0 Å². The molecule has 1 N–H and O–H groups in total. The molecular weight excluding hydrogens is 303 g/mol. The topological polar surface area (TPSA) is 42.0 Å². The molecule has 0 saturated heterocycles. The van der Waals surface area contributed by atoms with Crippen molar-refractivity contribution in [3.63, 3.8) is 0 Å². The van der Waals surface area contributed by atoms with Crippen molar-refractivity contribution in [3.8, 4) is 0 Å². The first-order chi connectivity index (χ1) is 9.10. The summed E-state index contributed by atoms with van der Waals surface area (Å²) in [5, 5.41) is 3.36. The number of carbonyl (C=O) groups is 1. The van der Waals surface area contributed by atoms with E-state index in [4.69, 9.17) is 23.2 Å². The molecule has 2 heterocycles. The minimum atomic E-state index is -0.249. The molecule has 0 saturated carbocycles. The zero-order chi connectivity index (χ0) is 13.8. The fourth-order valence-electron chi connectivity index (χ4n) is 1.56. The minimum Gasteiger partial charge on any atom is -0.347 e. The van der Waals surface area contributed by atoms with E-state index >= 15 is 0 Å². The molecule has 100 valence electrons. The molecule has 0 unspecified atom stereocenters. The second kappa shape index (κ2) is 6.37. The normalized spacial score (nSPS) is 10.5. The number of hydrogen-bond donors (Lipinski definition) is 1. The van der Waals surface area contributed by atoms with Gasteiger partial charge in [-0.15, -0.1) is 11.3 Å². The van der Waals surface area contributed by atoms with Crippen molar-refractivity contribution in [3.05, 3.63) is 49.9 Å². The molecule has 0 aliphatic heterocycles. The number of hydrogen-bond acceptors (Lipinski definition) is 3. The van der Waals surface area contributed by atoms with E-state index in [1.807, 2.05) is 6.07 Å². The van der Waals surface area contributed by atoms with E-state index in [2.05, 4.69) is 23.3 Å². The van der Waals surface area contributed by atoms with Gasteiger partial charge in [0.2, 0.25) is 0 Å².